The normalized spacial score (nSPS) is 15.6. The van der Waals surface area contributed by atoms with Crippen LogP contribution in [0.1, 0.15) is 29.8 Å². The van der Waals surface area contributed by atoms with Crippen molar-refractivity contribution in [1.29, 1.82) is 0 Å². The van der Waals surface area contributed by atoms with Gasteiger partial charge in [0.05, 0.1) is 23.7 Å². The summed E-state index contributed by atoms with van der Waals surface area (Å²) in [5, 5.41) is 23.5. The Kier molecular flexibility index (Phi) is 6.73. The third-order valence-corrected chi connectivity index (χ3v) is 6.84. The molecule has 1 atom stereocenters. The first kappa shape index (κ1) is 22.3. The number of aromatic nitrogens is 3. The van der Waals surface area contributed by atoms with Crippen LogP contribution in [0.4, 0.5) is 10.2 Å². The van der Waals surface area contributed by atoms with Crippen LogP contribution in [0.25, 0.3) is 10.6 Å². The quantitative estimate of drug-likeness (QED) is 0.389. The Labute approximate surface area is 189 Å². The van der Waals surface area contributed by atoms with E-state index in [-0.39, 0.29) is 11.2 Å². The summed E-state index contributed by atoms with van der Waals surface area (Å²) in [4.78, 5) is 17.8. The number of thiophene rings is 1. The highest BCUT2D eigenvalue weighted by Crippen LogP contribution is 2.43. The minimum absolute atomic E-state index is 0.265. The lowest BCUT2D eigenvalue weighted by molar-refractivity contribution is -0.123. The number of carbonyl (C=O) groups excluding carboxylic acids is 1. The van der Waals surface area contributed by atoms with Crippen LogP contribution in [0.5, 0.6) is 0 Å². The Morgan fingerprint density at radius 1 is 1.25 bits per heavy atom. The Balaban J connectivity index is 1.36. The number of pyridine rings is 1. The second-order valence-corrected chi connectivity index (χ2v) is 9.07. The monoisotopic (exact) mass is 456 g/mol. The number of rotatable bonds is 9. The highest BCUT2D eigenvalue weighted by atomic mass is 32.1. The number of aliphatic hydroxyl groups is 1. The SMILES string of the molecule is NC(CO)C(=O)NCc1ccc(-c2ccc(NCC3(c4ncccc4F)CCC3)nn2)s1. The highest BCUT2D eigenvalue weighted by Gasteiger charge is 2.41. The lowest BCUT2D eigenvalue weighted by Crippen LogP contribution is -2.42. The zero-order valence-corrected chi connectivity index (χ0v) is 18.2. The van der Waals surface area contributed by atoms with Crippen molar-refractivity contribution in [3.8, 4) is 10.6 Å². The zero-order chi connectivity index (χ0) is 22.6. The zero-order valence-electron chi connectivity index (χ0n) is 17.4. The summed E-state index contributed by atoms with van der Waals surface area (Å²) in [5.41, 5.74) is 6.42. The van der Waals surface area contributed by atoms with Crippen molar-refractivity contribution in [1.82, 2.24) is 20.5 Å². The third kappa shape index (κ3) is 4.77. The van der Waals surface area contributed by atoms with E-state index >= 15 is 0 Å². The smallest absolute Gasteiger partial charge is 0.239 e. The van der Waals surface area contributed by atoms with Crippen LogP contribution in [0.3, 0.4) is 0 Å². The fraction of sp³-hybridized carbons (Fsp3) is 0.364. The maximum absolute atomic E-state index is 14.3. The number of carbonyl (C=O) groups is 1. The summed E-state index contributed by atoms with van der Waals surface area (Å²) >= 11 is 1.49. The summed E-state index contributed by atoms with van der Waals surface area (Å²) in [7, 11) is 0. The average Bonchev–Trinajstić information content (AvgIpc) is 3.26. The van der Waals surface area contributed by atoms with E-state index in [1.165, 1.54) is 17.4 Å². The van der Waals surface area contributed by atoms with Crippen molar-refractivity contribution >= 4 is 23.1 Å². The van der Waals surface area contributed by atoms with Gasteiger partial charge in [0.1, 0.15) is 23.4 Å². The predicted octanol–water partition coefficient (Wildman–Crippen LogP) is 2.21. The van der Waals surface area contributed by atoms with Gasteiger partial charge in [-0.1, -0.05) is 6.42 Å². The van der Waals surface area contributed by atoms with E-state index in [2.05, 4.69) is 25.8 Å². The first-order chi connectivity index (χ1) is 15.5. The molecule has 1 fully saturated rings. The van der Waals surface area contributed by atoms with Gasteiger partial charge in [0.15, 0.2) is 0 Å². The van der Waals surface area contributed by atoms with E-state index in [9.17, 15) is 9.18 Å². The van der Waals surface area contributed by atoms with Gasteiger partial charge in [-0.25, -0.2) is 4.39 Å². The summed E-state index contributed by atoms with van der Waals surface area (Å²) < 4.78 is 14.3. The van der Waals surface area contributed by atoms with Crippen LogP contribution in [0.15, 0.2) is 42.6 Å². The number of nitrogens with one attached hydrogen (secondary N) is 2. The standard InChI is InChI=1S/C22H25FN6O2S/c23-15-3-1-10-25-20(15)22(8-2-9-22)13-27-19-7-5-17(28-29-19)18-6-4-14(32-18)11-26-21(31)16(24)12-30/h1,3-7,10,16,30H,2,8-9,11-13,24H2,(H,26,31)(H,27,29). The van der Waals surface area contributed by atoms with Crippen molar-refractivity contribution < 1.29 is 14.3 Å². The maximum Gasteiger partial charge on any atom is 0.239 e. The number of nitrogens with zero attached hydrogens (tertiary/aromatic N) is 3. The topological polar surface area (TPSA) is 126 Å². The number of halogens is 1. The first-order valence-corrected chi connectivity index (χ1v) is 11.2. The largest absolute Gasteiger partial charge is 0.394 e. The van der Waals surface area contributed by atoms with Gasteiger partial charge < -0.3 is 21.5 Å². The van der Waals surface area contributed by atoms with Gasteiger partial charge in [0.25, 0.3) is 0 Å². The number of hydrogen-bond donors (Lipinski definition) is 4. The van der Waals surface area contributed by atoms with Crippen molar-refractivity contribution in [3.05, 3.63) is 59.0 Å². The molecule has 10 heteroatoms. The molecule has 0 spiro atoms. The van der Waals surface area contributed by atoms with Gasteiger partial charge in [-0.3, -0.25) is 9.78 Å². The average molecular weight is 457 g/mol. The molecule has 3 heterocycles. The van der Waals surface area contributed by atoms with Crippen LogP contribution in [0, 0.1) is 5.82 Å². The van der Waals surface area contributed by atoms with Crippen molar-refractivity contribution in [2.24, 2.45) is 5.73 Å². The van der Waals surface area contributed by atoms with Gasteiger partial charge in [-0.2, -0.15) is 0 Å². The molecule has 3 aromatic heterocycles. The third-order valence-electron chi connectivity index (χ3n) is 5.73. The number of anilines is 1. The molecule has 32 heavy (non-hydrogen) atoms. The van der Waals surface area contributed by atoms with Crippen LogP contribution >= 0.6 is 11.3 Å². The van der Waals surface area contributed by atoms with Gasteiger partial charge in [0.2, 0.25) is 5.91 Å². The molecular weight excluding hydrogens is 431 g/mol. The van der Waals surface area contributed by atoms with Crippen LogP contribution in [0.2, 0.25) is 0 Å². The van der Waals surface area contributed by atoms with E-state index in [0.717, 1.165) is 34.7 Å². The van der Waals surface area contributed by atoms with Gasteiger partial charge in [-0.05, 0) is 49.2 Å². The highest BCUT2D eigenvalue weighted by molar-refractivity contribution is 7.15. The Hall–Kier alpha value is -2.95. The van der Waals surface area contributed by atoms with E-state index in [4.69, 9.17) is 10.8 Å². The maximum atomic E-state index is 14.3. The summed E-state index contributed by atoms with van der Waals surface area (Å²) in [6.45, 7) is 0.486. The molecule has 1 aliphatic carbocycles. The van der Waals surface area contributed by atoms with Gasteiger partial charge in [-0.15, -0.1) is 21.5 Å². The molecule has 168 valence electrons. The number of hydrogen-bond acceptors (Lipinski definition) is 8. The van der Waals surface area contributed by atoms with Crippen molar-refractivity contribution in [3.63, 3.8) is 0 Å². The molecule has 8 nitrogen and oxygen atoms in total. The Bertz CT molecular complexity index is 1070. The van der Waals surface area contributed by atoms with E-state index < -0.39 is 18.6 Å². The second-order valence-electron chi connectivity index (χ2n) is 7.90. The Morgan fingerprint density at radius 3 is 2.75 bits per heavy atom. The minimum Gasteiger partial charge on any atom is -0.394 e. The summed E-state index contributed by atoms with van der Waals surface area (Å²) in [5.74, 6) is -0.0376. The predicted molar refractivity (Wildman–Crippen MR) is 120 cm³/mol. The molecule has 4 rings (SSSR count). The lowest BCUT2D eigenvalue weighted by Gasteiger charge is -2.41. The van der Waals surface area contributed by atoms with Crippen LogP contribution < -0.4 is 16.4 Å². The van der Waals surface area contributed by atoms with E-state index in [0.29, 0.717) is 24.6 Å². The molecule has 1 saturated carbocycles. The summed E-state index contributed by atoms with van der Waals surface area (Å²) in [6, 6.07) is 9.69. The van der Waals surface area contributed by atoms with Gasteiger partial charge in [0, 0.05) is 23.0 Å². The van der Waals surface area contributed by atoms with Crippen LogP contribution in [-0.4, -0.2) is 45.4 Å². The first-order valence-electron chi connectivity index (χ1n) is 10.4. The number of amides is 1. The minimum atomic E-state index is -0.923. The molecule has 5 N–H and O–H groups in total. The summed E-state index contributed by atoms with van der Waals surface area (Å²) in [6.07, 6.45) is 4.46. The fourth-order valence-electron chi connectivity index (χ4n) is 3.69. The molecule has 0 radical (unpaired) electrons. The fourth-order valence-corrected chi connectivity index (χ4v) is 4.61. The van der Waals surface area contributed by atoms with Crippen LogP contribution in [-0.2, 0) is 16.8 Å². The molecular formula is C22H25FN6O2S. The molecule has 0 bridgehead atoms. The molecule has 0 aliphatic heterocycles. The number of aliphatic hydroxyl groups excluding tert-OH is 1. The second kappa shape index (κ2) is 9.68. The van der Waals surface area contributed by atoms with Crippen molar-refractivity contribution in [2.45, 2.75) is 37.3 Å². The molecule has 0 aromatic carbocycles. The van der Waals surface area contributed by atoms with E-state index in [1.54, 1.807) is 12.3 Å². The Morgan fingerprint density at radius 2 is 2.09 bits per heavy atom. The van der Waals surface area contributed by atoms with Crippen molar-refractivity contribution in [2.75, 3.05) is 18.5 Å². The number of nitrogens with two attached hydrogens (primary N) is 1. The molecule has 0 saturated heterocycles. The lowest BCUT2D eigenvalue weighted by atomic mass is 9.66. The van der Waals surface area contributed by atoms with Gasteiger partial charge >= 0.3 is 0 Å². The van der Waals surface area contributed by atoms with E-state index in [1.807, 2.05) is 24.3 Å². The molecule has 3 aromatic rings. The molecule has 1 unspecified atom stereocenters. The molecule has 1 aliphatic rings. The molecule has 1 amide bonds.